The van der Waals surface area contributed by atoms with Crippen molar-refractivity contribution in [3.05, 3.63) is 71.9 Å². The smallest absolute Gasteiger partial charge is 0.255 e. The Kier molecular flexibility index (Phi) is 5.09. The largest absolute Gasteiger partial charge is 0.322 e. The number of amides is 1. The fraction of sp³-hybridized carbons (Fsp3) is 0.182. The average Bonchev–Trinajstić information content (AvgIpc) is 3.52. The van der Waals surface area contributed by atoms with Crippen molar-refractivity contribution >= 4 is 37.9 Å². The lowest BCUT2D eigenvalue weighted by molar-refractivity contribution is 0.102. The summed E-state index contributed by atoms with van der Waals surface area (Å²) in [7, 11) is -3.49. The molecule has 0 atom stereocenters. The number of anilines is 1. The van der Waals surface area contributed by atoms with Gasteiger partial charge in [-0.2, -0.15) is 4.31 Å². The van der Waals surface area contributed by atoms with Gasteiger partial charge in [0.05, 0.1) is 10.6 Å². The van der Waals surface area contributed by atoms with E-state index in [0.717, 1.165) is 29.1 Å². The highest BCUT2D eigenvalue weighted by atomic mass is 32.2. The third-order valence-corrected chi connectivity index (χ3v) is 8.01. The predicted octanol–water partition coefficient (Wildman–Crippen LogP) is 4.10. The fourth-order valence-electron chi connectivity index (χ4n) is 3.68. The summed E-state index contributed by atoms with van der Waals surface area (Å²) in [5.74, 6) is -0.298. The summed E-state index contributed by atoms with van der Waals surface area (Å²) in [5, 5.41) is 4.86. The van der Waals surface area contributed by atoms with E-state index >= 15 is 0 Å². The molecule has 1 saturated heterocycles. The first-order valence-electron chi connectivity index (χ1n) is 9.95. The number of hydrogen-bond acceptors (Lipinski definition) is 5. The van der Waals surface area contributed by atoms with Gasteiger partial charge in [0.1, 0.15) is 0 Å². The lowest BCUT2D eigenvalue weighted by Crippen LogP contribution is -2.27. The van der Waals surface area contributed by atoms with Crippen LogP contribution < -0.4 is 5.32 Å². The summed E-state index contributed by atoms with van der Waals surface area (Å²) >= 11 is 1.56. The van der Waals surface area contributed by atoms with Crippen LogP contribution in [0.5, 0.6) is 0 Å². The molecule has 0 saturated carbocycles. The number of benzene rings is 2. The number of aromatic nitrogens is 2. The number of carbonyl (C=O) groups is 1. The Balaban J connectivity index is 1.32. The molecule has 1 aliphatic rings. The number of carbonyl (C=O) groups excluding carboxylic acids is 1. The molecule has 0 aliphatic carbocycles. The summed E-state index contributed by atoms with van der Waals surface area (Å²) in [4.78, 5) is 18.4. The molecule has 5 rings (SSSR count). The summed E-state index contributed by atoms with van der Waals surface area (Å²) < 4.78 is 28.7. The number of nitrogens with zero attached hydrogens (tertiary/aromatic N) is 3. The van der Waals surface area contributed by atoms with Gasteiger partial charge < -0.3 is 5.32 Å². The van der Waals surface area contributed by atoms with Crippen molar-refractivity contribution in [1.29, 1.82) is 0 Å². The van der Waals surface area contributed by atoms with Gasteiger partial charge >= 0.3 is 0 Å². The van der Waals surface area contributed by atoms with E-state index in [-0.39, 0.29) is 10.8 Å². The van der Waals surface area contributed by atoms with Crippen molar-refractivity contribution in [2.75, 3.05) is 18.4 Å². The molecular weight excluding hydrogens is 432 g/mol. The maximum absolute atomic E-state index is 12.7. The van der Waals surface area contributed by atoms with E-state index in [1.165, 1.54) is 16.4 Å². The van der Waals surface area contributed by atoms with Crippen molar-refractivity contribution in [3.8, 4) is 11.3 Å². The molecule has 2 aromatic heterocycles. The third kappa shape index (κ3) is 3.87. The van der Waals surface area contributed by atoms with Gasteiger partial charge in [0.2, 0.25) is 10.0 Å². The van der Waals surface area contributed by atoms with E-state index < -0.39 is 10.0 Å². The number of rotatable bonds is 5. The fourth-order valence-corrected chi connectivity index (χ4v) is 5.90. The highest BCUT2D eigenvalue weighted by Gasteiger charge is 2.27. The molecule has 0 unspecified atom stereocenters. The maximum atomic E-state index is 12.7. The van der Waals surface area contributed by atoms with Crippen LogP contribution in [-0.2, 0) is 10.0 Å². The topological polar surface area (TPSA) is 83.8 Å². The molecule has 0 radical (unpaired) electrons. The van der Waals surface area contributed by atoms with Crippen molar-refractivity contribution in [2.24, 2.45) is 0 Å². The van der Waals surface area contributed by atoms with Crippen molar-refractivity contribution < 1.29 is 13.2 Å². The molecule has 1 aliphatic heterocycles. The zero-order chi connectivity index (χ0) is 21.4. The molecule has 0 spiro atoms. The first-order chi connectivity index (χ1) is 15.0. The molecule has 2 aromatic carbocycles. The summed E-state index contributed by atoms with van der Waals surface area (Å²) in [6.45, 7) is 1.10. The Morgan fingerprint density at radius 1 is 1.06 bits per heavy atom. The first-order valence-corrected chi connectivity index (χ1v) is 12.3. The van der Waals surface area contributed by atoms with Crippen LogP contribution in [0, 0.1) is 0 Å². The Hall–Kier alpha value is -3.01. The highest BCUT2D eigenvalue weighted by molar-refractivity contribution is 7.89. The van der Waals surface area contributed by atoms with E-state index in [1.54, 1.807) is 23.5 Å². The molecule has 158 valence electrons. The van der Waals surface area contributed by atoms with Gasteiger partial charge in [-0.05, 0) is 49.2 Å². The molecule has 4 aromatic rings. The van der Waals surface area contributed by atoms with Gasteiger partial charge in [0, 0.05) is 47.7 Å². The van der Waals surface area contributed by atoms with Crippen LogP contribution in [0.4, 0.5) is 5.69 Å². The van der Waals surface area contributed by atoms with Crippen LogP contribution in [0.15, 0.2) is 71.2 Å². The van der Waals surface area contributed by atoms with Crippen LogP contribution >= 0.6 is 11.3 Å². The van der Waals surface area contributed by atoms with E-state index in [9.17, 15) is 13.2 Å². The lowest BCUT2D eigenvalue weighted by Gasteiger charge is -2.15. The van der Waals surface area contributed by atoms with Crippen LogP contribution in [0.25, 0.3) is 16.2 Å². The number of fused-ring (bicyclic) bond motifs is 1. The Bertz CT molecular complexity index is 1320. The summed E-state index contributed by atoms with van der Waals surface area (Å²) in [5.41, 5.74) is 2.78. The van der Waals surface area contributed by atoms with E-state index in [4.69, 9.17) is 0 Å². The number of nitrogens with one attached hydrogen (secondary N) is 1. The van der Waals surface area contributed by atoms with Gasteiger partial charge in [-0.15, -0.1) is 11.3 Å². The van der Waals surface area contributed by atoms with Gasteiger partial charge in [-0.25, -0.2) is 13.4 Å². The minimum atomic E-state index is -3.49. The molecule has 1 fully saturated rings. The van der Waals surface area contributed by atoms with E-state index in [1.807, 2.05) is 46.4 Å². The quantitative estimate of drug-likeness (QED) is 0.494. The minimum Gasteiger partial charge on any atom is -0.322 e. The standard InChI is InChI=1S/C22H20N4O3S2/c27-21(16-6-8-19(9-7-16)31(28,29)26-10-1-2-11-26)23-18-5-3-4-17(14-18)20-15-25-12-13-30-22(25)24-20/h3-9,12-15H,1-2,10-11H2,(H,23,27). The molecule has 9 heteroatoms. The van der Waals surface area contributed by atoms with Crippen molar-refractivity contribution in [2.45, 2.75) is 17.7 Å². The molecule has 7 nitrogen and oxygen atoms in total. The Labute approximate surface area is 184 Å². The van der Waals surface area contributed by atoms with Gasteiger partial charge in [0.15, 0.2) is 4.96 Å². The Morgan fingerprint density at radius 3 is 2.58 bits per heavy atom. The molecule has 31 heavy (non-hydrogen) atoms. The Morgan fingerprint density at radius 2 is 1.84 bits per heavy atom. The monoisotopic (exact) mass is 452 g/mol. The second-order valence-corrected chi connectivity index (χ2v) is 10.2. The zero-order valence-electron chi connectivity index (χ0n) is 16.6. The van der Waals surface area contributed by atoms with Crippen LogP contribution in [0.1, 0.15) is 23.2 Å². The second-order valence-electron chi connectivity index (χ2n) is 7.39. The average molecular weight is 453 g/mol. The first kappa shape index (κ1) is 19.9. The third-order valence-electron chi connectivity index (χ3n) is 5.33. The van der Waals surface area contributed by atoms with Crippen LogP contribution in [-0.4, -0.2) is 41.1 Å². The molecule has 3 heterocycles. The maximum Gasteiger partial charge on any atom is 0.255 e. The number of thiazole rings is 1. The van der Waals surface area contributed by atoms with Crippen LogP contribution in [0.2, 0.25) is 0 Å². The molecule has 0 bridgehead atoms. The van der Waals surface area contributed by atoms with Gasteiger partial charge in [-0.3, -0.25) is 9.20 Å². The number of hydrogen-bond donors (Lipinski definition) is 1. The van der Waals surface area contributed by atoms with E-state index in [0.29, 0.717) is 24.3 Å². The normalized spacial score (nSPS) is 14.8. The summed E-state index contributed by atoms with van der Waals surface area (Å²) in [6.07, 6.45) is 5.67. The lowest BCUT2D eigenvalue weighted by atomic mass is 10.1. The van der Waals surface area contributed by atoms with Crippen LogP contribution in [0.3, 0.4) is 0 Å². The van der Waals surface area contributed by atoms with Gasteiger partial charge in [-0.1, -0.05) is 12.1 Å². The molecule has 1 amide bonds. The number of imidazole rings is 1. The summed E-state index contributed by atoms with van der Waals surface area (Å²) in [6, 6.07) is 13.6. The SMILES string of the molecule is O=C(Nc1cccc(-c2cn3ccsc3n2)c1)c1ccc(S(=O)(=O)N2CCCC2)cc1. The number of sulfonamides is 1. The predicted molar refractivity (Wildman–Crippen MR) is 121 cm³/mol. The minimum absolute atomic E-state index is 0.215. The second kappa shape index (κ2) is 7.92. The molecule has 1 N–H and O–H groups in total. The highest BCUT2D eigenvalue weighted by Crippen LogP contribution is 2.25. The van der Waals surface area contributed by atoms with E-state index in [2.05, 4.69) is 10.3 Å². The van der Waals surface area contributed by atoms with Crippen molar-refractivity contribution in [1.82, 2.24) is 13.7 Å². The molecular formula is C22H20N4O3S2. The van der Waals surface area contributed by atoms with Gasteiger partial charge in [0.25, 0.3) is 5.91 Å². The van der Waals surface area contributed by atoms with Crippen molar-refractivity contribution in [3.63, 3.8) is 0 Å². The zero-order valence-corrected chi connectivity index (χ0v) is 18.2.